The molecule has 7 heteroatoms. The Hall–Kier alpha value is -1.50. The lowest BCUT2D eigenvalue weighted by atomic mass is 10.1. The zero-order chi connectivity index (χ0) is 13.9. The van der Waals surface area contributed by atoms with E-state index in [1.54, 1.807) is 6.92 Å². The molecule has 1 N–H and O–H groups in total. The number of hydrogen-bond donors (Lipinski definition) is 1. The maximum atomic E-state index is 13.7. The van der Waals surface area contributed by atoms with E-state index < -0.39 is 38.8 Å². The molecular formula is C12H16F2O4S. The van der Waals surface area contributed by atoms with Crippen LogP contribution in [0.5, 0.6) is 0 Å². The third-order valence-corrected chi connectivity index (χ3v) is 4.06. The average molecular weight is 294 g/mol. The summed E-state index contributed by atoms with van der Waals surface area (Å²) >= 11 is 0. The first kappa shape index (κ1) is 17.5. The van der Waals surface area contributed by atoms with Crippen molar-refractivity contribution in [2.45, 2.75) is 26.5 Å². The van der Waals surface area contributed by atoms with Crippen molar-refractivity contribution >= 4 is 15.8 Å². The van der Waals surface area contributed by atoms with Crippen LogP contribution in [0.3, 0.4) is 0 Å². The zero-order valence-electron chi connectivity index (χ0n) is 9.61. The highest BCUT2D eigenvalue weighted by atomic mass is 32.2. The van der Waals surface area contributed by atoms with Crippen LogP contribution in [0.15, 0.2) is 12.1 Å². The van der Waals surface area contributed by atoms with E-state index in [4.69, 9.17) is 5.11 Å². The summed E-state index contributed by atoms with van der Waals surface area (Å²) in [6.07, 6.45) is 0.372. The standard InChI is InChI=1S/C11H12F2O4S.CH4/c1-2-5-18(16,17)6-7-3-4-8(12)9(10(7)13)11(14)15;/h3-4H,2,5-6H2,1H3,(H,14,15);1H4. The number of aromatic carboxylic acids is 1. The summed E-state index contributed by atoms with van der Waals surface area (Å²) in [6.45, 7) is 1.65. The highest BCUT2D eigenvalue weighted by molar-refractivity contribution is 7.90. The largest absolute Gasteiger partial charge is 0.477 e. The highest BCUT2D eigenvalue weighted by Crippen LogP contribution is 2.19. The van der Waals surface area contributed by atoms with Crippen molar-refractivity contribution in [2.24, 2.45) is 0 Å². The molecule has 0 aliphatic carbocycles. The molecule has 0 aliphatic rings. The lowest BCUT2D eigenvalue weighted by Crippen LogP contribution is -2.13. The van der Waals surface area contributed by atoms with E-state index in [1.807, 2.05) is 0 Å². The van der Waals surface area contributed by atoms with E-state index in [9.17, 15) is 22.0 Å². The predicted molar refractivity (Wildman–Crippen MR) is 67.8 cm³/mol. The summed E-state index contributed by atoms with van der Waals surface area (Å²) < 4.78 is 49.8. The highest BCUT2D eigenvalue weighted by Gasteiger charge is 2.22. The van der Waals surface area contributed by atoms with Gasteiger partial charge < -0.3 is 5.11 Å². The molecular weight excluding hydrogens is 278 g/mol. The fourth-order valence-corrected chi connectivity index (χ4v) is 2.99. The summed E-state index contributed by atoms with van der Waals surface area (Å²) in [5.41, 5.74) is -1.46. The van der Waals surface area contributed by atoms with Gasteiger partial charge in [0.05, 0.1) is 11.5 Å². The molecule has 1 aromatic carbocycles. The van der Waals surface area contributed by atoms with E-state index in [2.05, 4.69) is 0 Å². The van der Waals surface area contributed by atoms with E-state index in [-0.39, 0.29) is 18.7 Å². The first-order valence-electron chi connectivity index (χ1n) is 5.19. The number of rotatable bonds is 5. The maximum Gasteiger partial charge on any atom is 0.341 e. The van der Waals surface area contributed by atoms with Crippen molar-refractivity contribution in [3.8, 4) is 0 Å². The number of hydrogen-bond acceptors (Lipinski definition) is 3. The molecule has 0 saturated carbocycles. The number of sulfone groups is 1. The molecule has 0 heterocycles. The van der Waals surface area contributed by atoms with E-state index in [0.717, 1.165) is 12.1 Å². The molecule has 0 unspecified atom stereocenters. The number of carboxylic acid groups (broad SMARTS) is 1. The molecule has 0 radical (unpaired) electrons. The number of benzene rings is 1. The minimum absolute atomic E-state index is 0. The van der Waals surface area contributed by atoms with Crippen LogP contribution in [0.1, 0.15) is 36.7 Å². The van der Waals surface area contributed by atoms with Crippen LogP contribution in [0.4, 0.5) is 8.78 Å². The molecule has 19 heavy (non-hydrogen) atoms. The molecule has 0 amide bonds. The quantitative estimate of drug-likeness (QED) is 0.906. The Labute approximate surface area is 111 Å². The normalized spacial score (nSPS) is 10.9. The molecule has 108 valence electrons. The topological polar surface area (TPSA) is 71.4 Å². The van der Waals surface area contributed by atoms with Gasteiger partial charge in [0.1, 0.15) is 17.2 Å². The SMILES string of the molecule is C.CCCS(=O)(=O)Cc1ccc(F)c(C(=O)O)c1F. The van der Waals surface area contributed by atoms with Crippen LogP contribution < -0.4 is 0 Å². The molecule has 0 spiro atoms. The van der Waals surface area contributed by atoms with Crippen molar-refractivity contribution in [1.82, 2.24) is 0 Å². The van der Waals surface area contributed by atoms with Crippen molar-refractivity contribution < 1.29 is 27.1 Å². The zero-order valence-corrected chi connectivity index (χ0v) is 10.4. The Kier molecular flexibility index (Phi) is 6.08. The lowest BCUT2D eigenvalue weighted by molar-refractivity contribution is 0.0686. The van der Waals surface area contributed by atoms with Crippen molar-refractivity contribution in [1.29, 1.82) is 0 Å². The van der Waals surface area contributed by atoms with E-state index in [0.29, 0.717) is 6.42 Å². The van der Waals surface area contributed by atoms with Gasteiger partial charge >= 0.3 is 5.97 Å². The van der Waals surface area contributed by atoms with Gasteiger partial charge in [0.2, 0.25) is 0 Å². The van der Waals surface area contributed by atoms with Gasteiger partial charge in [-0.15, -0.1) is 0 Å². The maximum absolute atomic E-state index is 13.7. The Morgan fingerprint density at radius 2 is 1.89 bits per heavy atom. The third kappa shape index (κ3) is 4.27. The molecule has 1 rings (SSSR count). The second-order valence-corrected chi connectivity index (χ2v) is 5.98. The molecule has 0 fully saturated rings. The third-order valence-electron chi connectivity index (χ3n) is 2.28. The summed E-state index contributed by atoms with van der Waals surface area (Å²) in [5.74, 6) is -5.09. The first-order chi connectivity index (χ1) is 8.28. The van der Waals surface area contributed by atoms with E-state index >= 15 is 0 Å². The van der Waals surface area contributed by atoms with Gasteiger partial charge in [-0.1, -0.05) is 20.4 Å². The van der Waals surface area contributed by atoms with Gasteiger partial charge in [-0.3, -0.25) is 0 Å². The van der Waals surface area contributed by atoms with Gasteiger partial charge in [-0.2, -0.15) is 0 Å². The molecule has 1 aromatic rings. The van der Waals surface area contributed by atoms with Crippen LogP contribution >= 0.6 is 0 Å². The Morgan fingerprint density at radius 3 is 2.37 bits per heavy atom. The van der Waals surface area contributed by atoms with Crippen molar-refractivity contribution in [3.63, 3.8) is 0 Å². The monoisotopic (exact) mass is 294 g/mol. The van der Waals surface area contributed by atoms with Crippen molar-refractivity contribution in [2.75, 3.05) is 5.75 Å². The number of carbonyl (C=O) groups is 1. The smallest absolute Gasteiger partial charge is 0.341 e. The summed E-state index contributed by atoms with van der Waals surface area (Å²) in [6, 6.07) is 1.70. The van der Waals surface area contributed by atoms with Crippen LogP contribution in [0.2, 0.25) is 0 Å². The van der Waals surface area contributed by atoms with Crippen LogP contribution in [0.25, 0.3) is 0 Å². The predicted octanol–water partition coefficient (Wildman–Crippen LogP) is 2.62. The van der Waals surface area contributed by atoms with Crippen LogP contribution in [-0.4, -0.2) is 25.2 Å². The van der Waals surface area contributed by atoms with Gasteiger partial charge in [0.25, 0.3) is 0 Å². The fraction of sp³-hybridized carbons (Fsp3) is 0.417. The molecule has 4 nitrogen and oxygen atoms in total. The number of carboxylic acids is 1. The Bertz CT molecular complexity index is 567. The molecule has 0 aromatic heterocycles. The minimum Gasteiger partial charge on any atom is -0.477 e. The summed E-state index contributed by atoms with van der Waals surface area (Å²) in [5, 5.41) is 8.64. The Balaban J connectivity index is 0.00000324. The van der Waals surface area contributed by atoms with Gasteiger partial charge in [0, 0.05) is 5.56 Å². The molecule has 0 atom stereocenters. The lowest BCUT2D eigenvalue weighted by Gasteiger charge is -2.07. The van der Waals surface area contributed by atoms with Gasteiger partial charge in [-0.25, -0.2) is 22.0 Å². The summed E-state index contributed by atoms with van der Waals surface area (Å²) in [4.78, 5) is 10.7. The molecule has 0 aliphatic heterocycles. The van der Waals surface area contributed by atoms with Crippen LogP contribution in [0, 0.1) is 11.6 Å². The average Bonchev–Trinajstić information content (AvgIpc) is 2.21. The van der Waals surface area contributed by atoms with E-state index in [1.165, 1.54) is 0 Å². The van der Waals surface area contributed by atoms with Crippen molar-refractivity contribution in [3.05, 3.63) is 34.9 Å². The fourth-order valence-electron chi connectivity index (χ4n) is 1.52. The second-order valence-electron chi connectivity index (χ2n) is 3.79. The molecule has 0 saturated heterocycles. The van der Waals surface area contributed by atoms with Crippen LogP contribution in [-0.2, 0) is 15.6 Å². The Morgan fingerprint density at radius 1 is 1.32 bits per heavy atom. The second kappa shape index (κ2) is 6.60. The molecule has 0 bridgehead atoms. The first-order valence-corrected chi connectivity index (χ1v) is 7.01. The number of halogens is 2. The minimum atomic E-state index is -3.52. The summed E-state index contributed by atoms with van der Waals surface area (Å²) in [7, 11) is -3.52. The van der Waals surface area contributed by atoms with Gasteiger partial charge in [0.15, 0.2) is 9.84 Å². The van der Waals surface area contributed by atoms with Gasteiger partial charge in [-0.05, 0) is 12.5 Å².